The van der Waals surface area contributed by atoms with Crippen LogP contribution in [0, 0.1) is 11.8 Å². The smallest absolute Gasteiger partial charge is 0.157 e. The first-order valence-electron chi connectivity index (χ1n) is 8.32. The van der Waals surface area contributed by atoms with Crippen LogP contribution in [0.1, 0.15) is 37.7 Å². The molecule has 1 spiro atoms. The summed E-state index contributed by atoms with van der Waals surface area (Å²) < 4.78 is 1.35. The Morgan fingerprint density at radius 3 is 2.86 bits per heavy atom. The van der Waals surface area contributed by atoms with Crippen molar-refractivity contribution in [2.75, 3.05) is 7.05 Å². The average Bonchev–Trinajstić information content (AvgIpc) is 3.14. The highest BCUT2D eigenvalue weighted by Crippen LogP contribution is 2.50. The maximum Gasteiger partial charge on any atom is 0.157 e. The first-order chi connectivity index (χ1) is 10.8. The molecule has 3 saturated carbocycles. The fraction of sp³-hybridized carbons (Fsp3) is 0.500. The third-order valence-corrected chi connectivity index (χ3v) is 7.00. The lowest BCUT2D eigenvalue weighted by atomic mass is 9.64. The molecule has 2 heterocycles. The Morgan fingerprint density at radius 1 is 1.23 bits per heavy atom. The minimum atomic E-state index is 0.0834. The summed E-state index contributed by atoms with van der Waals surface area (Å²) in [4.78, 5) is 2.44. The van der Waals surface area contributed by atoms with E-state index in [0.717, 1.165) is 17.7 Å². The molecule has 1 atom stereocenters. The fourth-order valence-corrected chi connectivity index (χ4v) is 5.62. The van der Waals surface area contributed by atoms with Gasteiger partial charge in [0.15, 0.2) is 5.84 Å². The molecule has 3 aliphatic carbocycles. The van der Waals surface area contributed by atoms with Gasteiger partial charge in [-0.25, -0.2) is 0 Å². The number of fused-ring (bicyclic) bond motifs is 3. The van der Waals surface area contributed by atoms with Gasteiger partial charge in [0.2, 0.25) is 0 Å². The second-order valence-corrected chi connectivity index (χ2v) is 8.07. The number of nitrogens with zero attached hydrogens (tertiary/aromatic N) is 2. The highest BCUT2D eigenvalue weighted by molar-refractivity contribution is 7.17. The van der Waals surface area contributed by atoms with Gasteiger partial charge >= 0.3 is 0 Å². The van der Waals surface area contributed by atoms with Crippen molar-refractivity contribution in [3.8, 4) is 0 Å². The van der Waals surface area contributed by atoms with Gasteiger partial charge in [-0.15, -0.1) is 11.3 Å². The van der Waals surface area contributed by atoms with Gasteiger partial charge in [-0.1, -0.05) is 0 Å². The van der Waals surface area contributed by atoms with Crippen LogP contribution in [0.25, 0.3) is 10.1 Å². The van der Waals surface area contributed by atoms with Crippen molar-refractivity contribution < 1.29 is 0 Å². The summed E-state index contributed by atoms with van der Waals surface area (Å²) in [6, 6.07) is 8.92. The number of nitrogens with one attached hydrogen (secondary N) is 1. The summed E-state index contributed by atoms with van der Waals surface area (Å²) in [5.41, 5.74) is 4.88. The Bertz CT molecular complexity index is 757. The van der Waals surface area contributed by atoms with E-state index in [1.54, 1.807) is 11.3 Å². The van der Waals surface area contributed by atoms with Crippen LogP contribution in [-0.2, 0) is 0 Å². The van der Waals surface area contributed by atoms with E-state index in [2.05, 4.69) is 47.0 Å². The lowest BCUT2D eigenvalue weighted by Gasteiger charge is -2.53. The van der Waals surface area contributed by atoms with Gasteiger partial charge in [0.25, 0.3) is 0 Å². The molecule has 1 N–H and O–H groups in total. The first-order valence-corrected chi connectivity index (χ1v) is 9.20. The second-order valence-electron chi connectivity index (χ2n) is 7.13. The molecule has 4 heteroatoms. The largest absolute Gasteiger partial charge is 0.333 e. The van der Waals surface area contributed by atoms with E-state index in [9.17, 15) is 0 Å². The van der Waals surface area contributed by atoms with Crippen molar-refractivity contribution in [1.82, 2.24) is 10.3 Å². The van der Waals surface area contributed by atoms with E-state index in [1.165, 1.54) is 47.8 Å². The highest BCUT2D eigenvalue weighted by Gasteiger charge is 2.53. The maximum absolute atomic E-state index is 4.77. The van der Waals surface area contributed by atoms with Gasteiger partial charge in [-0.2, -0.15) is 5.10 Å². The molecule has 2 aromatic rings. The number of thiophene rings is 1. The Morgan fingerprint density at radius 2 is 2.09 bits per heavy atom. The minimum Gasteiger partial charge on any atom is -0.333 e. The van der Waals surface area contributed by atoms with E-state index in [0.29, 0.717) is 0 Å². The molecule has 1 aromatic carbocycles. The van der Waals surface area contributed by atoms with Crippen LogP contribution in [0.5, 0.6) is 0 Å². The summed E-state index contributed by atoms with van der Waals surface area (Å²) in [7, 11) is 2.23. The van der Waals surface area contributed by atoms with Crippen molar-refractivity contribution >= 4 is 27.3 Å². The molecule has 3 fully saturated rings. The Balaban J connectivity index is 1.51. The number of hydrogen-bond donors (Lipinski definition) is 1. The summed E-state index contributed by atoms with van der Waals surface area (Å²) in [5, 5.41) is 8.25. The second kappa shape index (κ2) is 4.48. The van der Waals surface area contributed by atoms with Crippen LogP contribution in [0.2, 0.25) is 0 Å². The fourth-order valence-electron chi connectivity index (χ4n) is 4.85. The van der Waals surface area contributed by atoms with Crippen LogP contribution in [0.15, 0.2) is 34.7 Å². The topological polar surface area (TPSA) is 27.6 Å². The van der Waals surface area contributed by atoms with Crippen LogP contribution in [-0.4, -0.2) is 23.4 Å². The monoisotopic (exact) mass is 311 g/mol. The number of amidine groups is 1. The van der Waals surface area contributed by atoms with Crippen molar-refractivity contribution in [3.05, 3.63) is 35.2 Å². The Kier molecular flexibility index (Phi) is 2.63. The normalized spacial score (nSPS) is 33.5. The quantitative estimate of drug-likeness (QED) is 0.862. The number of rotatable bonds is 1. The lowest BCUT2D eigenvalue weighted by molar-refractivity contribution is -0.0197. The molecule has 0 radical (unpaired) electrons. The predicted octanol–water partition coefficient (Wildman–Crippen LogP) is 4.00. The van der Waals surface area contributed by atoms with Gasteiger partial charge in [0, 0.05) is 23.2 Å². The standard InChI is InChI=1S/C18H21N3S/c1-21-17(14-4-7-16-13(10-14)8-9-22-16)19-20-18(21)11-12-2-5-15(18)6-3-12/h4,7-10,12,15,20H,2-3,5-6,11H2,1H3/t12?,15?,18-/m1/s1. The SMILES string of the molecule is CN1C(c2ccc3sccc3c2)=NN[C@]12CC1CCC2CC1. The molecule has 22 heavy (non-hydrogen) atoms. The molecular weight excluding hydrogens is 290 g/mol. The number of hydrogen-bond acceptors (Lipinski definition) is 4. The van der Waals surface area contributed by atoms with Crippen molar-refractivity contribution in [2.24, 2.45) is 16.9 Å². The van der Waals surface area contributed by atoms with Gasteiger partial charge in [-0.3, -0.25) is 5.43 Å². The summed E-state index contributed by atoms with van der Waals surface area (Å²) in [6.07, 6.45) is 6.79. The molecule has 4 aliphatic rings. The van der Waals surface area contributed by atoms with Gasteiger partial charge in [0.1, 0.15) is 5.66 Å². The van der Waals surface area contributed by atoms with E-state index < -0.39 is 0 Å². The summed E-state index contributed by atoms with van der Waals surface area (Å²) in [6.45, 7) is 0. The third kappa shape index (κ3) is 1.64. The van der Waals surface area contributed by atoms with Crippen LogP contribution in [0.4, 0.5) is 0 Å². The van der Waals surface area contributed by atoms with Gasteiger partial charge in [-0.05, 0) is 73.1 Å². The zero-order chi connectivity index (χ0) is 14.7. The molecule has 2 bridgehead atoms. The third-order valence-electron chi connectivity index (χ3n) is 6.10. The van der Waals surface area contributed by atoms with Gasteiger partial charge < -0.3 is 4.90 Å². The zero-order valence-electron chi connectivity index (χ0n) is 12.9. The van der Waals surface area contributed by atoms with Crippen LogP contribution in [0.3, 0.4) is 0 Å². The molecule has 1 aliphatic heterocycles. The zero-order valence-corrected chi connectivity index (χ0v) is 13.7. The summed E-state index contributed by atoms with van der Waals surface area (Å²) in [5.74, 6) is 2.74. The predicted molar refractivity (Wildman–Crippen MR) is 92.1 cm³/mol. The first kappa shape index (κ1) is 12.9. The van der Waals surface area contributed by atoms with Crippen molar-refractivity contribution in [3.63, 3.8) is 0 Å². The molecule has 0 unspecified atom stereocenters. The highest BCUT2D eigenvalue weighted by atomic mass is 32.1. The van der Waals surface area contributed by atoms with E-state index in [1.807, 2.05) is 0 Å². The number of hydrazone groups is 1. The van der Waals surface area contributed by atoms with E-state index in [-0.39, 0.29) is 5.66 Å². The summed E-state index contributed by atoms with van der Waals surface area (Å²) >= 11 is 1.80. The molecule has 1 aromatic heterocycles. The van der Waals surface area contributed by atoms with Crippen LogP contribution < -0.4 is 5.43 Å². The molecule has 114 valence electrons. The van der Waals surface area contributed by atoms with E-state index in [4.69, 9.17) is 5.10 Å². The molecule has 6 rings (SSSR count). The molecule has 0 amide bonds. The molecule has 0 saturated heterocycles. The van der Waals surface area contributed by atoms with E-state index >= 15 is 0 Å². The minimum absolute atomic E-state index is 0.0834. The maximum atomic E-state index is 4.77. The Hall–Kier alpha value is -1.55. The number of benzene rings is 1. The lowest BCUT2D eigenvalue weighted by Crippen LogP contribution is -2.62. The van der Waals surface area contributed by atoms with Gasteiger partial charge in [0.05, 0.1) is 0 Å². The van der Waals surface area contributed by atoms with Crippen molar-refractivity contribution in [2.45, 2.75) is 37.8 Å². The Labute approximate surface area is 135 Å². The van der Waals surface area contributed by atoms with Crippen molar-refractivity contribution in [1.29, 1.82) is 0 Å². The molecule has 3 nitrogen and oxygen atoms in total. The average molecular weight is 311 g/mol. The van der Waals surface area contributed by atoms with Crippen LogP contribution >= 0.6 is 11.3 Å². The molecular formula is C18H21N3S.